The number of hydrogen-bond donors (Lipinski definition) is 1. The number of anilines is 2. The van der Waals surface area contributed by atoms with E-state index < -0.39 is 21.6 Å². The molecule has 194 valence electrons. The molecule has 1 N–H and O–H groups in total. The molecule has 0 saturated carbocycles. The molecule has 1 aliphatic rings. The average Bonchev–Trinajstić information content (AvgIpc) is 2.92. The molecule has 0 unspecified atom stereocenters. The first-order valence-corrected chi connectivity index (χ1v) is 11.5. The normalized spacial score (nSPS) is 13.4. The van der Waals surface area contributed by atoms with Gasteiger partial charge in [-0.25, -0.2) is 4.39 Å². The van der Waals surface area contributed by atoms with E-state index in [1.54, 1.807) is 21.9 Å². The fourth-order valence-electron chi connectivity index (χ4n) is 3.96. The zero-order chi connectivity index (χ0) is 27.2. The zero-order valence-corrected chi connectivity index (χ0v) is 20.0. The lowest BCUT2D eigenvalue weighted by Crippen LogP contribution is -2.49. The van der Waals surface area contributed by atoms with Crippen LogP contribution in [0.25, 0.3) is 6.08 Å². The van der Waals surface area contributed by atoms with Gasteiger partial charge in [0.05, 0.1) is 15.5 Å². The molecule has 3 aromatic carbocycles. The number of halogens is 1. The summed E-state index contributed by atoms with van der Waals surface area (Å²) in [5.74, 6) is -1.27. The van der Waals surface area contributed by atoms with E-state index >= 15 is 0 Å². The molecule has 0 aliphatic carbocycles. The number of nitro groups is 2. The van der Waals surface area contributed by atoms with Crippen molar-refractivity contribution in [3.05, 3.63) is 110 Å². The number of carbonyl (C=O) groups is 2. The second kappa shape index (κ2) is 11.3. The van der Waals surface area contributed by atoms with Gasteiger partial charge in [-0.15, -0.1) is 0 Å². The van der Waals surface area contributed by atoms with Gasteiger partial charge in [-0.2, -0.15) is 0 Å². The van der Waals surface area contributed by atoms with E-state index in [0.29, 0.717) is 43.0 Å². The highest BCUT2D eigenvalue weighted by molar-refractivity contribution is 6.02. The predicted molar refractivity (Wildman–Crippen MR) is 138 cm³/mol. The average molecular weight is 519 g/mol. The Balaban J connectivity index is 1.32. The smallest absolute Gasteiger partial charge is 0.269 e. The lowest BCUT2D eigenvalue weighted by Gasteiger charge is -2.36. The van der Waals surface area contributed by atoms with Crippen molar-refractivity contribution in [1.82, 2.24) is 4.90 Å². The summed E-state index contributed by atoms with van der Waals surface area (Å²) in [5, 5.41) is 24.1. The third-order valence-corrected chi connectivity index (χ3v) is 5.98. The molecule has 1 aliphatic heterocycles. The molecule has 0 atom stereocenters. The Morgan fingerprint density at radius 2 is 1.42 bits per heavy atom. The summed E-state index contributed by atoms with van der Waals surface area (Å²) < 4.78 is 14.9. The quantitative estimate of drug-likeness (QED) is 0.280. The first-order chi connectivity index (χ1) is 18.2. The zero-order valence-electron chi connectivity index (χ0n) is 20.0. The molecular weight excluding hydrogens is 497 g/mol. The number of nitrogens with one attached hydrogen (secondary N) is 1. The lowest BCUT2D eigenvalue weighted by molar-refractivity contribution is -0.385. The maximum Gasteiger partial charge on any atom is 0.269 e. The molecule has 1 saturated heterocycles. The van der Waals surface area contributed by atoms with Crippen LogP contribution >= 0.6 is 0 Å². The molecular formula is C26H22FN5O6. The van der Waals surface area contributed by atoms with Crippen LogP contribution in [0.1, 0.15) is 15.9 Å². The van der Waals surface area contributed by atoms with Gasteiger partial charge < -0.3 is 15.1 Å². The largest absolute Gasteiger partial charge is 0.366 e. The van der Waals surface area contributed by atoms with E-state index in [1.165, 1.54) is 66.7 Å². The predicted octanol–water partition coefficient (Wildman–Crippen LogP) is 4.26. The van der Waals surface area contributed by atoms with Crippen molar-refractivity contribution in [2.24, 2.45) is 0 Å². The van der Waals surface area contributed by atoms with Gasteiger partial charge in [-0.1, -0.05) is 0 Å². The number of nitro benzene ring substituents is 2. The molecule has 1 fully saturated rings. The lowest BCUT2D eigenvalue weighted by atomic mass is 10.1. The van der Waals surface area contributed by atoms with Gasteiger partial charge in [-0.3, -0.25) is 29.8 Å². The summed E-state index contributed by atoms with van der Waals surface area (Å²) in [6, 6.07) is 15.4. The van der Waals surface area contributed by atoms with Crippen molar-refractivity contribution in [2.45, 2.75) is 0 Å². The Labute approximate surface area is 216 Å². The van der Waals surface area contributed by atoms with Crippen molar-refractivity contribution in [3.8, 4) is 0 Å². The first-order valence-electron chi connectivity index (χ1n) is 11.5. The summed E-state index contributed by atoms with van der Waals surface area (Å²) in [6.07, 6.45) is 2.73. The number of nitrogens with zero attached hydrogens (tertiary/aromatic N) is 4. The Morgan fingerprint density at radius 1 is 0.842 bits per heavy atom. The molecule has 0 bridgehead atoms. The summed E-state index contributed by atoms with van der Waals surface area (Å²) in [5.41, 5.74) is 1.39. The molecule has 2 amide bonds. The van der Waals surface area contributed by atoms with E-state index in [4.69, 9.17) is 0 Å². The van der Waals surface area contributed by atoms with Gasteiger partial charge >= 0.3 is 0 Å². The SMILES string of the molecule is O=C(/C=C/c1ccc([N+](=O)[O-])cc1)Nc1ccc(N2CCN(C(=O)c3ccc([N+](=O)[O-])cc3)CC2)c(F)c1. The molecule has 1 heterocycles. The van der Waals surface area contributed by atoms with Crippen molar-refractivity contribution in [2.75, 3.05) is 36.4 Å². The van der Waals surface area contributed by atoms with Crippen LogP contribution in [-0.4, -0.2) is 52.7 Å². The van der Waals surface area contributed by atoms with Crippen LogP contribution in [-0.2, 0) is 4.79 Å². The molecule has 4 rings (SSSR count). The van der Waals surface area contributed by atoms with Crippen LogP contribution in [0.5, 0.6) is 0 Å². The Kier molecular flexibility index (Phi) is 7.71. The second-order valence-corrected chi connectivity index (χ2v) is 8.42. The van der Waals surface area contributed by atoms with Crippen LogP contribution in [0.3, 0.4) is 0 Å². The number of rotatable bonds is 7. The minimum atomic E-state index is -0.531. The van der Waals surface area contributed by atoms with Crippen LogP contribution in [0, 0.1) is 26.0 Å². The van der Waals surface area contributed by atoms with Gasteiger partial charge in [0.2, 0.25) is 5.91 Å². The van der Waals surface area contributed by atoms with Crippen LogP contribution < -0.4 is 10.2 Å². The molecule has 12 heteroatoms. The fourth-order valence-corrected chi connectivity index (χ4v) is 3.96. The number of benzene rings is 3. The van der Waals surface area contributed by atoms with Crippen molar-refractivity contribution in [1.29, 1.82) is 0 Å². The highest BCUT2D eigenvalue weighted by Gasteiger charge is 2.24. The molecule has 0 radical (unpaired) electrons. The minimum absolute atomic E-state index is 0.0559. The van der Waals surface area contributed by atoms with Gasteiger partial charge in [0.1, 0.15) is 5.82 Å². The number of piperazine rings is 1. The van der Waals surface area contributed by atoms with E-state index in [1.807, 2.05) is 0 Å². The highest BCUT2D eigenvalue weighted by Crippen LogP contribution is 2.25. The molecule has 38 heavy (non-hydrogen) atoms. The molecule has 11 nitrogen and oxygen atoms in total. The number of hydrogen-bond acceptors (Lipinski definition) is 7. The molecule has 0 spiro atoms. The maximum absolute atomic E-state index is 14.9. The molecule has 3 aromatic rings. The van der Waals surface area contributed by atoms with Gasteiger partial charge in [-0.05, 0) is 54.1 Å². The van der Waals surface area contributed by atoms with Gasteiger partial charge in [0, 0.05) is 67.8 Å². The standard InChI is InChI=1S/C26H22FN5O6/c27-23-17-20(28-25(33)12-3-18-1-7-21(8-2-18)31(35)36)6-11-24(23)29-13-15-30(16-14-29)26(34)19-4-9-22(10-5-19)32(37)38/h1-12,17H,13-16H2,(H,28,33)/b12-3+. The summed E-state index contributed by atoms with van der Waals surface area (Å²) >= 11 is 0. The van der Waals surface area contributed by atoms with E-state index in [0.717, 1.165) is 0 Å². The van der Waals surface area contributed by atoms with Crippen LogP contribution in [0.15, 0.2) is 72.8 Å². The minimum Gasteiger partial charge on any atom is -0.366 e. The topological polar surface area (TPSA) is 139 Å². The fraction of sp³-hybridized carbons (Fsp3) is 0.154. The van der Waals surface area contributed by atoms with E-state index in [-0.39, 0.29) is 23.0 Å². The number of non-ortho nitro benzene ring substituents is 2. The van der Waals surface area contributed by atoms with Crippen molar-refractivity contribution < 1.29 is 23.8 Å². The van der Waals surface area contributed by atoms with Crippen molar-refractivity contribution >= 4 is 40.6 Å². The summed E-state index contributed by atoms with van der Waals surface area (Å²) in [6.45, 7) is 1.47. The Hall–Kier alpha value is -5.13. The number of amides is 2. The maximum atomic E-state index is 14.9. The van der Waals surface area contributed by atoms with Crippen LogP contribution in [0.4, 0.5) is 27.1 Å². The Morgan fingerprint density at radius 3 is 1.97 bits per heavy atom. The summed E-state index contributed by atoms with van der Waals surface area (Å²) in [4.78, 5) is 48.8. The first kappa shape index (κ1) is 25.9. The number of carbonyl (C=O) groups excluding carboxylic acids is 2. The second-order valence-electron chi connectivity index (χ2n) is 8.42. The Bertz CT molecular complexity index is 1400. The summed E-state index contributed by atoms with van der Waals surface area (Å²) in [7, 11) is 0. The van der Waals surface area contributed by atoms with Gasteiger partial charge in [0.25, 0.3) is 17.3 Å². The third kappa shape index (κ3) is 6.16. The van der Waals surface area contributed by atoms with E-state index in [2.05, 4.69) is 5.32 Å². The third-order valence-electron chi connectivity index (χ3n) is 5.98. The molecule has 0 aromatic heterocycles. The van der Waals surface area contributed by atoms with Crippen molar-refractivity contribution in [3.63, 3.8) is 0 Å². The highest BCUT2D eigenvalue weighted by atomic mass is 19.1. The van der Waals surface area contributed by atoms with E-state index in [9.17, 15) is 34.2 Å². The van der Waals surface area contributed by atoms with Crippen LogP contribution in [0.2, 0.25) is 0 Å². The van der Waals surface area contributed by atoms with Gasteiger partial charge in [0.15, 0.2) is 0 Å². The monoisotopic (exact) mass is 519 g/mol.